The van der Waals surface area contributed by atoms with Crippen molar-refractivity contribution in [2.75, 3.05) is 0 Å². The van der Waals surface area contributed by atoms with Crippen LogP contribution in [0.5, 0.6) is 0 Å². The van der Waals surface area contributed by atoms with Crippen LogP contribution in [-0.2, 0) is 0 Å². The Balaban J connectivity index is -0.000000240. The van der Waals surface area contributed by atoms with Gasteiger partial charge in [-0.3, -0.25) is 0 Å². The van der Waals surface area contributed by atoms with Crippen LogP contribution < -0.4 is 34.0 Å². The Morgan fingerprint density at radius 2 is 1.31 bits per heavy atom. The molecule has 0 aromatic rings. The molecule has 0 amide bonds. The molecule has 0 saturated heterocycles. The molecule has 0 unspecified atom stereocenters. The molecule has 0 rings (SSSR count). The van der Waals surface area contributed by atoms with E-state index in [0.29, 0.717) is 5.04 Å². The molecule has 0 N–H and O–H groups in total. The van der Waals surface area contributed by atoms with Crippen LogP contribution in [-0.4, -0.2) is 31.1 Å². The zero-order chi connectivity index (χ0) is 10.5. The maximum atomic E-state index is 2.54. The molecule has 0 spiro atoms. The summed E-state index contributed by atoms with van der Waals surface area (Å²) in [5.41, 5.74) is 0. The van der Waals surface area contributed by atoms with Gasteiger partial charge >= 0.3 is 23.1 Å². The van der Waals surface area contributed by atoms with Gasteiger partial charge in [0, 0.05) is 0 Å². The summed E-state index contributed by atoms with van der Waals surface area (Å²) in [4.78, 5) is 0. The first-order chi connectivity index (χ1) is 5.81. The molecule has 0 radical (unpaired) electrons. The van der Waals surface area contributed by atoms with Gasteiger partial charge in [0.2, 0.25) is 0 Å². The largest absolute Gasteiger partial charge is 2.00 e. The average molecular weight is 385 g/mol. The molecule has 0 aliphatic carbocycles. The van der Waals surface area contributed by atoms with Gasteiger partial charge in [-0.05, 0) is 5.04 Å². The van der Waals surface area contributed by atoms with E-state index >= 15 is 0 Å². The van der Waals surface area contributed by atoms with E-state index in [1.807, 2.05) is 0 Å². The average Bonchev–Trinajstić information content (AvgIpc) is 1.96. The minimum Gasteiger partial charge on any atom is -1.00 e. The number of rotatable bonds is 5. The normalized spacial score (nSPS) is 10.9. The van der Waals surface area contributed by atoms with Gasteiger partial charge in [0.05, 0.1) is 8.07 Å². The van der Waals surface area contributed by atoms with Gasteiger partial charge < -0.3 is 34.0 Å². The van der Waals surface area contributed by atoms with Crippen molar-refractivity contribution < 1.29 is 34.0 Å². The molecule has 0 aromatic heterocycles. The summed E-state index contributed by atoms with van der Waals surface area (Å²) in [5.74, 6) is 0. The number of hydrogen-bond donors (Lipinski definition) is 0. The minimum absolute atomic E-state index is 0. The van der Waals surface area contributed by atoms with E-state index in [4.69, 9.17) is 0 Å². The van der Waals surface area contributed by atoms with Crippen LogP contribution in [0, 0.1) is 0 Å². The molecule has 0 bridgehead atoms. The van der Waals surface area contributed by atoms with E-state index in [9.17, 15) is 0 Å². The second-order valence-corrected chi connectivity index (χ2v) is 11.7. The third kappa shape index (κ3) is 11.1. The first-order valence-corrected chi connectivity index (χ1v) is 9.02. The smallest absolute Gasteiger partial charge is 1.00 e. The van der Waals surface area contributed by atoms with E-state index in [1.165, 1.54) is 31.7 Å². The predicted molar refractivity (Wildman–Crippen MR) is 71.9 cm³/mol. The van der Waals surface area contributed by atoms with Gasteiger partial charge in [0.1, 0.15) is 0 Å². The van der Waals surface area contributed by atoms with Gasteiger partial charge in [-0.1, -0.05) is 72.5 Å². The second-order valence-electron chi connectivity index (χ2n) is 5.94. The predicted octanol–water partition coefficient (Wildman–Crippen LogP) is -1.30. The summed E-state index contributed by atoms with van der Waals surface area (Å²) in [6.07, 6.45) is 5.69. The zero-order valence-electron chi connectivity index (χ0n) is 12.0. The third-order valence-corrected chi connectivity index (χ3v) is 9.35. The van der Waals surface area contributed by atoms with Crippen molar-refractivity contribution in [1.29, 1.82) is 0 Å². The molecule has 0 nitrogen and oxygen atoms in total. The summed E-state index contributed by atoms with van der Waals surface area (Å²) in [7, 11) is -0.955. The molecule has 96 valence electrons. The molecule has 0 aliphatic rings. The van der Waals surface area contributed by atoms with Gasteiger partial charge in [0.25, 0.3) is 0 Å². The monoisotopic (exact) mass is 382 g/mol. The van der Waals surface area contributed by atoms with Crippen molar-refractivity contribution in [1.82, 2.24) is 0 Å². The Bertz CT molecular complexity index is 144. The van der Waals surface area contributed by atoms with Crippen molar-refractivity contribution >= 4 is 31.1 Å². The van der Waals surface area contributed by atoms with Crippen LogP contribution in [0.25, 0.3) is 0 Å². The SMILES string of the molecule is CCCCCC[Si](C)(C)C(C)(C)C.[Br-].[Br-].[Mg+2]. The Labute approximate surface area is 141 Å². The van der Waals surface area contributed by atoms with Crippen molar-refractivity contribution in [3.8, 4) is 0 Å². The fourth-order valence-corrected chi connectivity index (χ4v) is 3.25. The third-order valence-electron chi connectivity index (χ3n) is 3.69. The van der Waals surface area contributed by atoms with Crippen LogP contribution >= 0.6 is 0 Å². The summed E-state index contributed by atoms with van der Waals surface area (Å²) < 4.78 is 0. The first kappa shape index (κ1) is 26.5. The van der Waals surface area contributed by atoms with Crippen molar-refractivity contribution in [2.45, 2.75) is 77.6 Å². The Hall–Kier alpha value is 1.94. The number of hydrogen-bond acceptors (Lipinski definition) is 0. The van der Waals surface area contributed by atoms with E-state index in [2.05, 4.69) is 40.8 Å². The standard InChI is InChI=1S/C12H28Si.2BrH.Mg/c1-7-8-9-10-11-13(5,6)12(2,3)4;;;/h7-11H2,1-6H3;2*1H;/q;;;+2/p-2. The summed E-state index contributed by atoms with van der Waals surface area (Å²) in [6, 6.07) is 1.51. The van der Waals surface area contributed by atoms with Gasteiger partial charge in [-0.15, -0.1) is 0 Å². The quantitative estimate of drug-likeness (QED) is 0.409. The second kappa shape index (κ2) is 12.0. The van der Waals surface area contributed by atoms with Crippen molar-refractivity contribution in [3.05, 3.63) is 0 Å². The summed E-state index contributed by atoms with van der Waals surface area (Å²) >= 11 is 0. The molecular weight excluding hydrogens is 356 g/mol. The number of halogens is 2. The molecule has 0 fully saturated rings. The van der Waals surface area contributed by atoms with E-state index in [1.54, 1.807) is 0 Å². The van der Waals surface area contributed by atoms with E-state index in [-0.39, 0.29) is 57.0 Å². The maximum Gasteiger partial charge on any atom is 2.00 e. The minimum atomic E-state index is -0.955. The Morgan fingerprint density at radius 1 is 0.875 bits per heavy atom. The van der Waals surface area contributed by atoms with Crippen LogP contribution in [0.1, 0.15) is 53.4 Å². The first-order valence-electron chi connectivity index (χ1n) is 5.81. The fraction of sp³-hybridized carbons (Fsp3) is 1.00. The van der Waals surface area contributed by atoms with Gasteiger partial charge in [-0.2, -0.15) is 0 Å². The molecule has 0 aromatic carbocycles. The molecule has 4 heteroatoms. The molecule has 0 heterocycles. The number of unbranched alkanes of at least 4 members (excludes halogenated alkanes) is 3. The summed E-state index contributed by atoms with van der Waals surface area (Å²) in [6.45, 7) is 14.6. The maximum absolute atomic E-state index is 2.54. The molecule has 0 atom stereocenters. The van der Waals surface area contributed by atoms with Gasteiger partial charge in [0.15, 0.2) is 0 Å². The van der Waals surface area contributed by atoms with Crippen molar-refractivity contribution in [3.63, 3.8) is 0 Å². The van der Waals surface area contributed by atoms with E-state index in [0.717, 1.165) is 0 Å². The van der Waals surface area contributed by atoms with Crippen LogP contribution in [0.4, 0.5) is 0 Å². The molecule has 0 aliphatic heterocycles. The Kier molecular flexibility index (Phi) is 19.9. The zero-order valence-corrected chi connectivity index (χ0v) is 17.6. The fourth-order valence-electron chi connectivity index (χ4n) is 1.37. The Morgan fingerprint density at radius 3 is 1.62 bits per heavy atom. The van der Waals surface area contributed by atoms with E-state index < -0.39 is 8.07 Å². The molecule has 0 saturated carbocycles. The van der Waals surface area contributed by atoms with Crippen LogP contribution in [0.3, 0.4) is 0 Å². The van der Waals surface area contributed by atoms with Crippen molar-refractivity contribution in [2.24, 2.45) is 0 Å². The molecule has 16 heavy (non-hydrogen) atoms. The van der Waals surface area contributed by atoms with Crippen LogP contribution in [0.15, 0.2) is 0 Å². The van der Waals surface area contributed by atoms with Crippen LogP contribution in [0.2, 0.25) is 24.2 Å². The topological polar surface area (TPSA) is 0 Å². The summed E-state index contributed by atoms with van der Waals surface area (Å²) in [5, 5.41) is 0.583. The molecular formula is C12H28Br2MgSi. The van der Waals surface area contributed by atoms with Gasteiger partial charge in [-0.25, -0.2) is 0 Å².